The SMILES string of the molecule is O=C(Cc1ccc2cnc(CC3CCOCC3)cc2c1O)NCc1ccc(Cl)cc1. The number of benzene rings is 2. The summed E-state index contributed by atoms with van der Waals surface area (Å²) < 4.78 is 5.43. The summed E-state index contributed by atoms with van der Waals surface area (Å²) in [5, 5.41) is 16.0. The lowest BCUT2D eigenvalue weighted by Crippen LogP contribution is -2.24. The molecule has 1 amide bonds. The Morgan fingerprint density at radius 3 is 2.70 bits per heavy atom. The maximum atomic E-state index is 12.4. The molecule has 6 heteroatoms. The highest BCUT2D eigenvalue weighted by atomic mass is 35.5. The number of aromatic nitrogens is 1. The highest BCUT2D eigenvalue weighted by Crippen LogP contribution is 2.30. The van der Waals surface area contributed by atoms with E-state index in [-0.39, 0.29) is 18.1 Å². The van der Waals surface area contributed by atoms with E-state index in [0.29, 0.717) is 23.0 Å². The highest BCUT2D eigenvalue weighted by Gasteiger charge is 2.16. The molecule has 3 aromatic rings. The van der Waals surface area contributed by atoms with Crippen LogP contribution in [0.5, 0.6) is 5.75 Å². The molecular weight excluding hydrogens is 400 g/mol. The molecule has 0 unspecified atom stereocenters. The number of hydrogen-bond acceptors (Lipinski definition) is 4. The number of halogens is 1. The number of phenolic OH excluding ortho intramolecular Hbond substituents is 1. The molecule has 0 radical (unpaired) electrons. The van der Waals surface area contributed by atoms with Crippen LogP contribution in [0.25, 0.3) is 10.8 Å². The van der Waals surface area contributed by atoms with Crippen molar-refractivity contribution in [1.29, 1.82) is 0 Å². The highest BCUT2D eigenvalue weighted by molar-refractivity contribution is 6.30. The van der Waals surface area contributed by atoms with E-state index in [1.54, 1.807) is 24.4 Å². The van der Waals surface area contributed by atoms with Crippen molar-refractivity contribution >= 4 is 28.3 Å². The van der Waals surface area contributed by atoms with Gasteiger partial charge in [-0.15, -0.1) is 0 Å². The second-order valence-electron chi connectivity index (χ2n) is 7.81. The molecule has 5 nitrogen and oxygen atoms in total. The van der Waals surface area contributed by atoms with Crippen molar-refractivity contribution in [2.75, 3.05) is 13.2 Å². The Hall–Kier alpha value is -2.63. The number of pyridine rings is 1. The predicted molar refractivity (Wildman–Crippen MR) is 118 cm³/mol. The van der Waals surface area contributed by atoms with Crippen LogP contribution in [0.3, 0.4) is 0 Å². The van der Waals surface area contributed by atoms with E-state index in [2.05, 4.69) is 10.3 Å². The number of aromatic hydroxyl groups is 1. The van der Waals surface area contributed by atoms with Crippen LogP contribution >= 0.6 is 11.6 Å². The quantitative estimate of drug-likeness (QED) is 0.614. The Morgan fingerprint density at radius 1 is 1.17 bits per heavy atom. The summed E-state index contributed by atoms with van der Waals surface area (Å²) in [7, 11) is 0. The van der Waals surface area contributed by atoms with Crippen molar-refractivity contribution in [3.8, 4) is 5.75 Å². The largest absolute Gasteiger partial charge is 0.507 e. The van der Waals surface area contributed by atoms with Gasteiger partial charge in [-0.2, -0.15) is 0 Å². The van der Waals surface area contributed by atoms with Crippen molar-refractivity contribution in [3.63, 3.8) is 0 Å². The molecule has 156 valence electrons. The van der Waals surface area contributed by atoms with Crippen LogP contribution in [0.1, 0.15) is 29.7 Å². The topological polar surface area (TPSA) is 71.5 Å². The van der Waals surface area contributed by atoms with Crippen LogP contribution in [0.15, 0.2) is 48.7 Å². The van der Waals surface area contributed by atoms with E-state index in [1.165, 1.54) is 0 Å². The third-order valence-electron chi connectivity index (χ3n) is 5.61. The summed E-state index contributed by atoms with van der Waals surface area (Å²) in [6.45, 7) is 2.03. The Morgan fingerprint density at radius 2 is 1.93 bits per heavy atom. The first-order valence-corrected chi connectivity index (χ1v) is 10.6. The van der Waals surface area contributed by atoms with Crippen molar-refractivity contribution in [1.82, 2.24) is 10.3 Å². The molecular formula is C24H25ClN2O3. The minimum Gasteiger partial charge on any atom is -0.507 e. The predicted octanol–water partition coefficient (Wildman–Crippen LogP) is 4.42. The number of phenols is 1. The average Bonchev–Trinajstić information content (AvgIpc) is 2.76. The van der Waals surface area contributed by atoms with Gasteiger partial charge in [0.05, 0.1) is 6.42 Å². The zero-order valence-corrected chi connectivity index (χ0v) is 17.5. The molecule has 0 bridgehead atoms. The van der Waals surface area contributed by atoms with Crippen LogP contribution in [0.2, 0.25) is 5.02 Å². The summed E-state index contributed by atoms with van der Waals surface area (Å²) in [4.78, 5) is 17.0. The van der Waals surface area contributed by atoms with Gasteiger partial charge in [0.25, 0.3) is 0 Å². The Balaban J connectivity index is 1.44. The molecule has 0 atom stereocenters. The first-order valence-electron chi connectivity index (χ1n) is 10.3. The number of amides is 1. The number of carbonyl (C=O) groups excluding carboxylic acids is 1. The van der Waals surface area contributed by atoms with Gasteiger partial charge < -0.3 is 15.2 Å². The molecule has 1 saturated heterocycles. The third-order valence-corrected chi connectivity index (χ3v) is 5.86. The molecule has 4 rings (SSSR count). The lowest BCUT2D eigenvalue weighted by Gasteiger charge is -2.21. The van der Waals surface area contributed by atoms with E-state index >= 15 is 0 Å². The number of nitrogens with one attached hydrogen (secondary N) is 1. The minimum absolute atomic E-state index is 0.118. The lowest BCUT2D eigenvalue weighted by atomic mass is 9.94. The smallest absolute Gasteiger partial charge is 0.224 e. The van der Waals surface area contributed by atoms with Crippen LogP contribution < -0.4 is 5.32 Å². The Bertz CT molecular complexity index is 1030. The van der Waals surface area contributed by atoms with E-state index in [9.17, 15) is 9.90 Å². The number of nitrogens with zero attached hydrogens (tertiary/aromatic N) is 1. The van der Waals surface area contributed by atoms with E-state index < -0.39 is 0 Å². The molecule has 0 aliphatic carbocycles. The number of fused-ring (bicyclic) bond motifs is 1. The Kier molecular flexibility index (Phi) is 6.50. The molecule has 1 aliphatic rings. The molecule has 2 N–H and O–H groups in total. The average molecular weight is 425 g/mol. The molecule has 0 spiro atoms. The fraction of sp³-hybridized carbons (Fsp3) is 0.333. The first kappa shape index (κ1) is 20.6. The molecule has 0 saturated carbocycles. The van der Waals surface area contributed by atoms with Crippen LogP contribution in [-0.2, 0) is 28.9 Å². The van der Waals surface area contributed by atoms with Crippen molar-refractivity contribution in [2.24, 2.45) is 5.92 Å². The van der Waals surface area contributed by atoms with Crippen LogP contribution in [0, 0.1) is 5.92 Å². The lowest BCUT2D eigenvalue weighted by molar-refractivity contribution is -0.120. The molecule has 2 aromatic carbocycles. The first-order chi connectivity index (χ1) is 14.6. The number of carbonyl (C=O) groups is 1. The maximum absolute atomic E-state index is 12.4. The zero-order chi connectivity index (χ0) is 20.9. The summed E-state index contributed by atoms with van der Waals surface area (Å²) in [5.41, 5.74) is 2.55. The number of ether oxygens (including phenoxy) is 1. The van der Waals surface area contributed by atoms with Gasteiger partial charge in [0, 0.05) is 53.0 Å². The minimum atomic E-state index is -0.143. The molecule has 1 fully saturated rings. The van der Waals surface area contributed by atoms with Gasteiger partial charge in [-0.25, -0.2) is 0 Å². The number of hydrogen-bond donors (Lipinski definition) is 2. The Labute approximate surface area is 181 Å². The fourth-order valence-corrected chi connectivity index (χ4v) is 3.95. The van der Waals surface area contributed by atoms with Gasteiger partial charge in [-0.1, -0.05) is 35.9 Å². The summed E-state index contributed by atoms with van der Waals surface area (Å²) in [6.07, 6.45) is 4.88. The van der Waals surface area contributed by atoms with Gasteiger partial charge in [0.1, 0.15) is 5.75 Å². The van der Waals surface area contributed by atoms with Gasteiger partial charge >= 0.3 is 0 Å². The van der Waals surface area contributed by atoms with Gasteiger partial charge in [0.2, 0.25) is 5.91 Å². The second kappa shape index (κ2) is 9.45. The van der Waals surface area contributed by atoms with Gasteiger partial charge in [-0.05, 0) is 48.9 Å². The van der Waals surface area contributed by atoms with E-state index in [4.69, 9.17) is 16.3 Å². The summed E-state index contributed by atoms with van der Waals surface area (Å²) in [6, 6.07) is 13.0. The standard InChI is InChI=1S/C24H25ClN2O3/c25-20-5-1-17(2-6-20)14-27-23(28)12-18-3-4-19-15-26-21(13-22(19)24(18)29)11-16-7-9-30-10-8-16/h1-6,13,15-16,29H,7-12,14H2,(H,27,28). The summed E-state index contributed by atoms with van der Waals surface area (Å²) in [5.74, 6) is 0.577. The number of rotatable bonds is 6. The monoisotopic (exact) mass is 424 g/mol. The van der Waals surface area contributed by atoms with Gasteiger partial charge in [-0.3, -0.25) is 9.78 Å². The van der Waals surface area contributed by atoms with Gasteiger partial charge in [0.15, 0.2) is 0 Å². The fourth-order valence-electron chi connectivity index (χ4n) is 3.83. The molecule has 30 heavy (non-hydrogen) atoms. The normalized spacial score (nSPS) is 14.7. The zero-order valence-electron chi connectivity index (χ0n) is 16.7. The second-order valence-corrected chi connectivity index (χ2v) is 8.25. The van der Waals surface area contributed by atoms with Crippen molar-refractivity contribution in [3.05, 3.63) is 70.5 Å². The van der Waals surface area contributed by atoms with Crippen LogP contribution in [0.4, 0.5) is 0 Å². The molecule has 1 aliphatic heterocycles. The van der Waals surface area contributed by atoms with Crippen molar-refractivity contribution < 1.29 is 14.6 Å². The van der Waals surface area contributed by atoms with Crippen molar-refractivity contribution in [2.45, 2.75) is 32.2 Å². The molecule has 1 aromatic heterocycles. The third kappa shape index (κ3) is 5.10. The van der Waals surface area contributed by atoms with Crippen LogP contribution in [-0.4, -0.2) is 29.2 Å². The van der Waals surface area contributed by atoms with E-state index in [1.807, 2.05) is 24.3 Å². The van der Waals surface area contributed by atoms with E-state index in [0.717, 1.165) is 54.5 Å². The maximum Gasteiger partial charge on any atom is 0.224 e. The summed E-state index contributed by atoms with van der Waals surface area (Å²) >= 11 is 5.89. The molecule has 2 heterocycles.